The maximum Gasteiger partial charge on any atom is 0.324 e. The van der Waals surface area contributed by atoms with Crippen molar-refractivity contribution in [2.45, 2.75) is 47.1 Å². The van der Waals surface area contributed by atoms with Gasteiger partial charge in [-0.05, 0) is 65.9 Å². The number of hydrogen-bond donors (Lipinski definition) is 4. The van der Waals surface area contributed by atoms with Gasteiger partial charge in [-0.15, -0.1) is 0 Å². The zero-order valence-corrected chi connectivity index (χ0v) is 28.0. The van der Waals surface area contributed by atoms with Crippen LogP contribution in [0.2, 0.25) is 0 Å². The summed E-state index contributed by atoms with van der Waals surface area (Å²) in [5.41, 5.74) is 4.61. The van der Waals surface area contributed by atoms with Crippen LogP contribution < -0.4 is 26.0 Å². The van der Waals surface area contributed by atoms with Gasteiger partial charge in [-0.2, -0.15) is 5.10 Å². The minimum atomic E-state index is -0.416. The molecule has 46 heavy (non-hydrogen) atoms. The van der Waals surface area contributed by atoms with Crippen LogP contribution in [0.5, 0.6) is 5.75 Å². The van der Waals surface area contributed by atoms with Crippen molar-refractivity contribution in [1.82, 2.24) is 25.1 Å². The normalized spacial score (nSPS) is 10.9. The number of amides is 4. The molecule has 12 heteroatoms. The fourth-order valence-electron chi connectivity index (χ4n) is 4.33. The van der Waals surface area contributed by atoms with E-state index in [2.05, 4.69) is 52.0 Å². The Labute approximate surface area is 285 Å². The summed E-state index contributed by atoms with van der Waals surface area (Å²) in [6.45, 7) is 8.49. The summed E-state index contributed by atoms with van der Waals surface area (Å²) in [7, 11) is 1.53. The van der Waals surface area contributed by atoms with E-state index >= 15 is 0 Å². The molecule has 0 aliphatic heterocycles. The van der Waals surface area contributed by atoms with E-state index in [9.17, 15) is 9.59 Å². The lowest BCUT2D eigenvalue weighted by atomic mass is 9.92. The van der Waals surface area contributed by atoms with Crippen molar-refractivity contribution in [3.8, 4) is 11.4 Å². The van der Waals surface area contributed by atoms with Crippen LogP contribution in [0.25, 0.3) is 16.6 Å². The minimum absolute atomic E-state index is 0. The van der Waals surface area contributed by atoms with Crippen LogP contribution in [0, 0.1) is 6.92 Å². The number of aryl methyl sites for hydroxylation is 1. The number of urea groups is 2. The molecule has 242 valence electrons. The zero-order chi connectivity index (χ0) is 33.3. The molecule has 11 nitrogen and oxygen atoms in total. The molecule has 3 aromatic heterocycles. The van der Waals surface area contributed by atoms with Gasteiger partial charge in [0.25, 0.3) is 0 Å². The Morgan fingerprint density at radius 2 is 1.70 bits per heavy atom. The van der Waals surface area contributed by atoms with Crippen molar-refractivity contribution in [2.24, 2.45) is 0 Å². The van der Waals surface area contributed by atoms with Crippen molar-refractivity contribution < 1.29 is 15.7 Å². The van der Waals surface area contributed by atoms with Gasteiger partial charge in [0, 0.05) is 37.7 Å². The molecule has 0 aliphatic carbocycles. The predicted octanol–water partition coefficient (Wildman–Crippen LogP) is 8.08. The second kappa shape index (κ2) is 16.0. The zero-order valence-electron chi connectivity index (χ0n) is 26.8. The van der Waals surface area contributed by atoms with E-state index in [1.54, 1.807) is 47.4 Å². The molecule has 0 atom stereocenters. The lowest BCUT2D eigenvalue weighted by Gasteiger charge is -2.14. The van der Waals surface area contributed by atoms with Gasteiger partial charge in [0.05, 0.1) is 17.1 Å². The van der Waals surface area contributed by atoms with Crippen molar-refractivity contribution >= 4 is 62.9 Å². The molecule has 2 aromatic carbocycles. The van der Waals surface area contributed by atoms with E-state index < -0.39 is 6.03 Å². The molecule has 0 unspecified atom stereocenters. The summed E-state index contributed by atoms with van der Waals surface area (Å²) in [6, 6.07) is 19.8. The van der Waals surface area contributed by atoms with Gasteiger partial charge in [0.15, 0.2) is 0 Å². The maximum atomic E-state index is 13.3. The van der Waals surface area contributed by atoms with Crippen LogP contribution >= 0.6 is 22.6 Å². The third-order valence-corrected chi connectivity index (χ3v) is 6.67. The average Bonchev–Trinajstić information content (AvgIpc) is 3.46. The fourth-order valence-corrected chi connectivity index (χ4v) is 4.33. The van der Waals surface area contributed by atoms with Gasteiger partial charge in [0.2, 0.25) is 0 Å². The second-order valence-electron chi connectivity index (χ2n) is 11.0. The van der Waals surface area contributed by atoms with E-state index in [0.29, 0.717) is 38.9 Å². The number of carbonyl (C=O) groups excluding carboxylic acids is 2. The molecule has 4 N–H and O–H groups in total. The topological polar surface area (TPSA) is 135 Å². The van der Waals surface area contributed by atoms with Crippen LogP contribution in [0.3, 0.4) is 0 Å². The van der Waals surface area contributed by atoms with Crippen LogP contribution in [-0.2, 0) is 12.0 Å². The third-order valence-electron chi connectivity index (χ3n) is 6.67. The first-order valence-electron chi connectivity index (χ1n) is 14.8. The molecule has 4 amide bonds. The standard InChI is InChI=1S/C32H34N8O3.CH3I.CH4/c1-20-8-10-22(11-9-20)40-28(18-26(39-40)32(2,3)4)38-31(42)36-24-12-13-25(29-23(24)7-6-15-35-29)43-19-21-14-16-34-27(17-21)37-30(41)33-5;1-2;/h6-18H,19H2,1-5H3,(H2,36,38,42)(H2,33,34,37,41);1H3;1H4/i;1D;. The van der Waals surface area contributed by atoms with Crippen molar-refractivity contribution in [1.29, 1.82) is 0 Å². The number of halogens is 1. The highest BCUT2D eigenvalue weighted by molar-refractivity contribution is 14.1. The van der Waals surface area contributed by atoms with Gasteiger partial charge >= 0.3 is 12.1 Å². The lowest BCUT2D eigenvalue weighted by molar-refractivity contribution is 0.253. The molecule has 0 spiro atoms. The number of pyridine rings is 2. The Kier molecular flexibility index (Phi) is 11.9. The molecule has 0 saturated carbocycles. The number of carbonyl (C=O) groups is 2. The molecular weight excluding hydrogens is 695 g/mol. The largest absolute Gasteiger partial charge is 0.487 e. The second-order valence-corrected chi connectivity index (χ2v) is 11.0. The Morgan fingerprint density at radius 3 is 2.39 bits per heavy atom. The average molecular weight is 738 g/mol. The molecule has 3 heterocycles. The minimum Gasteiger partial charge on any atom is -0.487 e. The van der Waals surface area contributed by atoms with Crippen molar-refractivity contribution in [2.75, 3.05) is 27.9 Å². The number of hydrogen-bond acceptors (Lipinski definition) is 6. The van der Waals surface area contributed by atoms with Gasteiger partial charge in [-0.1, -0.05) is 68.5 Å². The van der Waals surface area contributed by atoms with Crippen LogP contribution in [0.1, 0.15) is 46.4 Å². The highest BCUT2D eigenvalue weighted by Crippen LogP contribution is 2.31. The van der Waals surface area contributed by atoms with Crippen LogP contribution in [-0.4, -0.2) is 43.8 Å². The van der Waals surface area contributed by atoms with Crippen LogP contribution in [0.15, 0.2) is 79.1 Å². The van der Waals surface area contributed by atoms with Crippen LogP contribution in [0.4, 0.5) is 26.9 Å². The molecule has 0 fully saturated rings. The molecule has 0 bridgehead atoms. The van der Waals surface area contributed by atoms with E-state index in [-0.39, 0.29) is 25.5 Å². The summed E-state index contributed by atoms with van der Waals surface area (Å²) in [5.74, 6) is 1.51. The van der Waals surface area contributed by atoms with Gasteiger partial charge in [0.1, 0.15) is 29.5 Å². The Bertz CT molecular complexity index is 1810. The number of nitrogens with zero attached hydrogens (tertiary/aromatic N) is 4. The summed E-state index contributed by atoms with van der Waals surface area (Å²) in [6.07, 6.45) is 3.27. The number of ether oxygens (including phenoxy) is 1. The summed E-state index contributed by atoms with van der Waals surface area (Å²) in [4.78, 5) is 34.0. The third kappa shape index (κ3) is 8.93. The monoisotopic (exact) mass is 737 g/mol. The summed E-state index contributed by atoms with van der Waals surface area (Å²) < 4.78 is 14.0. The number of fused-ring (bicyclic) bond motifs is 1. The van der Waals surface area contributed by atoms with Gasteiger partial charge in [-0.3, -0.25) is 15.6 Å². The van der Waals surface area contributed by atoms with Gasteiger partial charge in [-0.25, -0.2) is 19.3 Å². The quantitative estimate of drug-likeness (QED) is 0.0986. The number of nitrogens with one attached hydrogen (secondary N) is 4. The Morgan fingerprint density at radius 1 is 0.957 bits per heavy atom. The summed E-state index contributed by atoms with van der Waals surface area (Å²) in [5, 5.41) is 16.6. The van der Waals surface area contributed by atoms with E-state index in [0.717, 1.165) is 22.5 Å². The fraction of sp³-hybridized carbons (Fsp3) is 0.265. The van der Waals surface area contributed by atoms with Crippen molar-refractivity contribution in [3.63, 3.8) is 0 Å². The number of anilines is 3. The van der Waals surface area contributed by atoms with E-state index in [1.165, 1.54) is 7.05 Å². The Balaban J connectivity index is 0.00000144. The van der Waals surface area contributed by atoms with Gasteiger partial charge < -0.3 is 15.4 Å². The number of rotatable bonds is 7. The SMILES string of the molecule is C.CNC(=O)Nc1cc(COc2ccc(NC(=O)Nc3cc(C(C)(C)C)nn3-c3ccc(C)cc3)c3cccnc23)ccn1.[2H]CI. The first-order valence-corrected chi connectivity index (χ1v) is 15.6. The number of aromatic nitrogens is 4. The van der Waals surface area contributed by atoms with E-state index in [1.807, 2.05) is 65.9 Å². The number of benzene rings is 2. The molecular formula is C34H41IN8O3. The lowest BCUT2D eigenvalue weighted by Crippen LogP contribution is -2.25. The molecule has 5 rings (SSSR count). The molecule has 0 saturated heterocycles. The smallest absolute Gasteiger partial charge is 0.324 e. The maximum absolute atomic E-state index is 13.3. The molecule has 0 aliphatic rings. The molecule has 5 aromatic rings. The number of alkyl halides is 1. The first kappa shape index (κ1) is 34.2. The Hall–Kier alpha value is -4.72. The highest BCUT2D eigenvalue weighted by Gasteiger charge is 2.22. The summed E-state index contributed by atoms with van der Waals surface area (Å²) >= 11 is 1.96. The predicted molar refractivity (Wildman–Crippen MR) is 195 cm³/mol. The highest BCUT2D eigenvalue weighted by atomic mass is 127. The van der Waals surface area contributed by atoms with E-state index in [4.69, 9.17) is 11.2 Å². The first-order chi connectivity index (χ1) is 22.0. The van der Waals surface area contributed by atoms with Crippen molar-refractivity contribution in [3.05, 3.63) is 95.9 Å². The molecule has 0 radical (unpaired) electrons.